The van der Waals surface area contributed by atoms with Crippen molar-refractivity contribution in [2.45, 2.75) is 71.0 Å². The monoisotopic (exact) mass is 462 g/mol. The Morgan fingerprint density at radius 1 is 1.12 bits per heavy atom. The van der Waals surface area contributed by atoms with Gasteiger partial charge in [-0.25, -0.2) is 4.39 Å². The fourth-order valence-electron chi connectivity index (χ4n) is 5.82. The number of halogens is 1. The highest BCUT2D eigenvalue weighted by atomic mass is 19.1. The lowest BCUT2D eigenvalue weighted by atomic mass is 9.87. The van der Waals surface area contributed by atoms with Crippen LogP contribution in [0.3, 0.4) is 0 Å². The maximum atomic E-state index is 13.5. The molecule has 5 nitrogen and oxygen atoms in total. The summed E-state index contributed by atoms with van der Waals surface area (Å²) in [4.78, 5) is 22.9. The van der Waals surface area contributed by atoms with Gasteiger partial charge in [0.15, 0.2) is 0 Å². The minimum Gasteiger partial charge on any atom is -0.354 e. The lowest BCUT2D eigenvalue weighted by molar-refractivity contribution is -0.134. The van der Waals surface area contributed by atoms with Gasteiger partial charge in [0.2, 0.25) is 5.91 Å². The Kier molecular flexibility index (Phi) is 6.19. The molecule has 2 N–H and O–H groups in total. The standard InChI is InChI=1S/C28H35FN4O/c1-16(2)26-23-13-20(5-6-24(23)32-27(26)21-11-17(3)31-18(4)12-21)19-7-9-33(10-8-19)28(34)25-14-22(29)15-30-25/h5-6,11-13,16,19,22,25,30,32H,7-10,14-15H2,1-4H3/t22-,25+/m1/s1. The number of alkyl halides is 1. The van der Waals surface area contributed by atoms with Crippen LogP contribution < -0.4 is 5.32 Å². The second-order valence-electron chi connectivity index (χ2n) is 10.4. The molecule has 2 saturated heterocycles. The molecule has 0 aliphatic carbocycles. The minimum absolute atomic E-state index is 0.0642. The van der Waals surface area contributed by atoms with Gasteiger partial charge in [0.25, 0.3) is 0 Å². The summed E-state index contributed by atoms with van der Waals surface area (Å²) in [6.07, 6.45) is 1.29. The molecule has 0 spiro atoms. The molecule has 2 aromatic heterocycles. The predicted molar refractivity (Wildman–Crippen MR) is 135 cm³/mol. The molecule has 2 atom stereocenters. The molecule has 3 aromatic rings. The van der Waals surface area contributed by atoms with E-state index in [-0.39, 0.29) is 11.9 Å². The highest BCUT2D eigenvalue weighted by Gasteiger charge is 2.34. The van der Waals surface area contributed by atoms with E-state index in [1.807, 2.05) is 18.7 Å². The van der Waals surface area contributed by atoms with Crippen molar-refractivity contribution < 1.29 is 9.18 Å². The summed E-state index contributed by atoms with van der Waals surface area (Å²) in [7, 11) is 0. The number of aromatic nitrogens is 2. The number of fused-ring (bicyclic) bond motifs is 1. The number of likely N-dealkylation sites (tertiary alicyclic amines) is 1. The van der Waals surface area contributed by atoms with Crippen LogP contribution in [0.1, 0.15) is 67.5 Å². The summed E-state index contributed by atoms with van der Waals surface area (Å²) in [5.74, 6) is 0.877. The Balaban J connectivity index is 1.39. The Bertz CT molecular complexity index is 1190. The summed E-state index contributed by atoms with van der Waals surface area (Å²) >= 11 is 0. The smallest absolute Gasteiger partial charge is 0.239 e. The number of hydrogen-bond donors (Lipinski definition) is 2. The second kappa shape index (κ2) is 9.14. The number of carbonyl (C=O) groups is 1. The normalized spacial score (nSPS) is 21.6. The van der Waals surface area contributed by atoms with Crippen LogP contribution in [0.2, 0.25) is 0 Å². The first-order valence-electron chi connectivity index (χ1n) is 12.6. The van der Waals surface area contributed by atoms with E-state index in [1.165, 1.54) is 27.8 Å². The van der Waals surface area contributed by atoms with E-state index in [0.29, 0.717) is 24.8 Å². The van der Waals surface area contributed by atoms with Crippen molar-refractivity contribution in [3.05, 3.63) is 52.8 Å². The van der Waals surface area contributed by atoms with Gasteiger partial charge in [0.1, 0.15) is 6.17 Å². The van der Waals surface area contributed by atoms with Crippen molar-refractivity contribution in [2.24, 2.45) is 0 Å². The lowest BCUT2D eigenvalue weighted by Crippen LogP contribution is -2.46. The molecule has 1 aromatic carbocycles. The number of pyridine rings is 1. The number of aromatic amines is 1. The zero-order valence-electron chi connectivity index (χ0n) is 20.6. The molecule has 0 bridgehead atoms. The van der Waals surface area contributed by atoms with E-state index in [4.69, 9.17) is 0 Å². The molecule has 2 fully saturated rings. The summed E-state index contributed by atoms with van der Waals surface area (Å²) in [5.41, 5.74) is 8.29. The highest BCUT2D eigenvalue weighted by molar-refractivity contribution is 5.92. The molecule has 2 aliphatic rings. The average molecular weight is 463 g/mol. The maximum Gasteiger partial charge on any atom is 0.239 e. The van der Waals surface area contributed by atoms with Crippen molar-refractivity contribution in [3.63, 3.8) is 0 Å². The summed E-state index contributed by atoms with van der Waals surface area (Å²) in [6, 6.07) is 10.8. The van der Waals surface area contributed by atoms with Gasteiger partial charge >= 0.3 is 0 Å². The van der Waals surface area contributed by atoms with Crippen LogP contribution in [-0.4, -0.2) is 52.6 Å². The van der Waals surface area contributed by atoms with Crippen molar-refractivity contribution in [1.29, 1.82) is 0 Å². The van der Waals surface area contributed by atoms with E-state index >= 15 is 0 Å². The fourth-order valence-corrected chi connectivity index (χ4v) is 5.82. The number of benzene rings is 1. The number of amides is 1. The highest BCUT2D eigenvalue weighted by Crippen LogP contribution is 2.38. The Labute approximate surface area is 201 Å². The molecule has 4 heterocycles. The SMILES string of the molecule is Cc1cc(-c2[nH]c3ccc(C4CCN(C(=O)[C@@H]5C[C@@H](F)CN5)CC4)cc3c2C(C)C)cc(C)n1. The van der Waals surface area contributed by atoms with Gasteiger partial charge in [-0.15, -0.1) is 0 Å². The van der Waals surface area contributed by atoms with Gasteiger partial charge in [-0.2, -0.15) is 0 Å². The Morgan fingerprint density at radius 2 is 1.82 bits per heavy atom. The van der Waals surface area contributed by atoms with Crippen LogP contribution in [-0.2, 0) is 4.79 Å². The molecule has 5 rings (SSSR count). The predicted octanol–water partition coefficient (Wildman–Crippen LogP) is 5.38. The van der Waals surface area contributed by atoms with Gasteiger partial charge < -0.3 is 15.2 Å². The first kappa shape index (κ1) is 23.0. The first-order chi connectivity index (χ1) is 16.3. The first-order valence-corrected chi connectivity index (χ1v) is 12.6. The van der Waals surface area contributed by atoms with Crippen LogP contribution in [0.25, 0.3) is 22.2 Å². The Morgan fingerprint density at radius 3 is 2.44 bits per heavy atom. The Hall–Kier alpha value is -2.73. The molecule has 0 unspecified atom stereocenters. The van der Waals surface area contributed by atoms with Gasteiger partial charge in [-0.05, 0) is 73.9 Å². The number of H-pyrrole nitrogens is 1. The van der Waals surface area contributed by atoms with Gasteiger partial charge in [0, 0.05) is 53.9 Å². The number of aryl methyl sites for hydroxylation is 2. The van der Waals surface area contributed by atoms with E-state index in [0.717, 1.165) is 42.8 Å². The van der Waals surface area contributed by atoms with Crippen molar-refractivity contribution in [2.75, 3.05) is 19.6 Å². The maximum absolute atomic E-state index is 13.5. The van der Waals surface area contributed by atoms with Crippen molar-refractivity contribution in [3.8, 4) is 11.3 Å². The second-order valence-corrected chi connectivity index (χ2v) is 10.4. The van der Waals surface area contributed by atoms with Crippen LogP contribution in [0, 0.1) is 13.8 Å². The molecule has 180 valence electrons. The van der Waals surface area contributed by atoms with Gasteiger partial charge in [0.05, 0.1) is 11.7 Å². The minimum atomic E-state index is -0.903. The van der Waals surface area contributed by atoms with E-state index in [1.54, 1.807) is 0 Å². The van der Waals surface area contributed by atoms with E-state index in [2.05, 4.69) is 59.5 Å². The number of nitrogens with one attached hydrogen (secondary N) is 2. The number of carbonyl (C=O) groups excluding carboxylic acids is 1. The average Bonchev–Trinajstić information content (AvgIpc) is 3.41. The van der Waals surface area contributed by atoms with Crippen molar-refractivity contribution >= 4 is 16.8 Å². The zero-order chi connectivity index (χ0) is 24.0. The van der Waals surface area contributed by atoms with Crippen LogP contribution in [0.15, 0.2) is 30.3 Å². The largest absolute Gasteiger partial charge is 0.354 e. The lowest BCUT2D eigenvalue weighted by Gasteiger charge is -2.33. The number of nitrogens with zero attached hydrogens (tertiary/aromatic N) is 2. The molecule has 2 aliphatic heterocycles. The molecule has 6 heteroatoms. The summed E-state index contributed by atoms with van der Waals surface area (Å²) in [5, 5.41) is 4.32. The molecule has 0 saturated carbocycles. The molecular formula is C28H35FN4O. The third-order valence-electron chi connectivity index (χ3n) is 7.46. The molecular weight excluding hydrogens is 427 g/mol. The van der Waals surface area contributed by atoms with Crippen LogP contribution in [0.4, 0.5) is 4.39 Å². The summed E-state index contributed by atoms with van der Waals surface area (Å²) < 4.78 is 13.5. The van der Waals surface area contributed by atoms with Crippen LogP contribution >= 0.6 is 0 Å². The number of rotatable bonds is 4. The molecule has 1 amide bonds. The zero-order valence-corrected chi connectivity index (χ0v) is 20.6. The topological polar surface area (TPSA) is 61.0 Å². The number of piperidine rings is 1. The fraction of sp³-hybridized carbons (Fsp3) is 0.500. The van der Waals surface area contributed by atoms with E-state index in [9.17, 15) is 9.18 Å². The van der Waals surface area contributed by atoms with Crippen molar-refractivity contribution in [1.82, 2.24) is 20.2 Å². The summed E-state index contributed by atoms with van der Waals surface area (Å²) in [6.45, 7) is 10.4. The van der Waals surface area contributed by atoms with Gasteiger partial charge in [-0.3, -0.25) is 9.78 Å². The van der Waals surface area contributed by atoms with Crippen LogP contribution in [0.5, 0.6) is 0 Å². The third-order valence-corrected chi connectivity index (χ3v) is 7.46. The molecule has 0 radical (unpaired) electrons. The van der Waals surface area contributed by atoms with E-state index < -0.39 is 6.17 Å². The van der Waals surface area contributed by atoms with Gasteiger partial charge in [-0.1, -0.05) is 19.9 Å². The third kappa shape index (κ3) is 4.36. The quantitative estimate of drug-likeness (QED) is 0.548. The molecule has 34 heavy (non-hydrogen) atoms. The number of hydrogen-bond acceptors (Lipinski definition) is 3.